The topological polar surface area (TPSA) is 101 Å². The van der Waals surface area contributed by atoms with E-state index in [2.05, 4.69) is 0 Å². The maximum atomic E-state index is 12.1. The lowest BCUT2D eigenvalue weighted by Crippen LogP contribution is -2.35. The van der Waals surface area contributed by atoms with Gasteiger partial charge < -0.3 is 14.9 Å². The first-order valence-electron chi connectivity index (χ1n) is 6.97. The molecule has 122 valence electrons. The molecule has 0 saturated heterocycles. The second kappa shape index (κ2) is 7.73. The van der Waals surface area contributed by atoms with Gasteiger partial charge in [0.25, 0.3) is 6.10 Å². The summed E-state index contributed by atoms with van der Waals surface area (Å²) < 4.78 is 4.87. The van der Waals surface area contributed by atoms with Gasteiger partial charge in [-0.2, -0.15) is 0 Å². The van der Waals surface area contributed by atoms with E-state index in [1.54, 1.807) is 6.08 Å². The lowest BCUT2D eigenvalue weighted by atomic mass is 10.1. The molecule has 2 rings (SSSR count). The lowest BCUT2D eigenvalue weighted by molar-refractivity contribution is -0.159. The number of hydrogen-bond donors (Lipinski definition) is 2. The summed E-state index contributed by atoms with van der Waals surface area (Å²) in [5.74, 6) is -3.39. The molecule has 0 aromatic heterocycles. The van der Waals surface area contributed by atoms with Gasteiger partial charge in [-0.1, -0.05) is 36.4 Å². The number of aliphatic carboxylic acids is 2. The van der Waals surface area contributed by atoms with Crippen LogP contribution in [-0.4, -0.2) is 34.0 Å². The molecule has 0 aliphatic rings. The van der Waals surface area contributed by atoms with Crippen molar-refractivity contribution in [2.24, 2.45) is 0 Å². The third-order valence-electron chi connectivity index (χ3n) is 3.07. The Hall–Kier alpha value is -3.41. The van der Waals surface area contributed by atoms with Crippen LogP contribution >= 0.6 is 0 Å². The molecule has 0 radical (unpaired) electrons. The fourth-order valence-corrected chi connectivity index (χ4v) is 1.87. The third-order valence-corrected chi connectivity index (χ3v) is 3.07. The van der Waals surface area contributed by atoms with Gasteiger partial charge in [-0.15, -0.1) is 0 Å². The highest BCUT2D eigenvalue weighted by Gasteiger charge is 2.27. The molecule has 0 bridgehead atoms. The molecular weight excluding hydrogens is 312 g/mol. The van der Waals surface area contributed by atoms with Crippen molar-refractivity contribution in [3.05, 3.63) is 71.8 Å². The largest absolute Gasteiger partial charge is 0.478 e. The van der Waals surface area contributed by atoms with Crippen molar-refractivity contribution in [3.8, 4) is 5.75 Å². The van der Waals surface area contributed by atoms with Crippen LogP contribution in [0, 0.1) is 0 Å². The summed E-state index contributed by atoms with van der Waals surface area (Å²) in [6, 6.07) is 14.9. The van der Waals surface area contributed by atoms with Crippen molar-refractivity contribution in [1.82, 2.24) is 0 Å². The van der Waals surface area contributed by atoms with Crippen LogP contribution in [-0.2, 0) is 9.59 Å². The Bertz CT molecular complexity index is 748. The van der Waals surface area contributed by atoms with E-state index in [1.807, 2.05) is 30.3 Å². The fourth-order valence-electron chi connectivity index (χ4n) is 1.87. The summed E-state index contributed by atoms with van der Waals surface area (Å²) in [4.78, 5) is 33.6. The molecule has 0 heterocycles. The second-order valence-corrected chi connectivity index (χ2v) is 4.81. The standard InChI is InChI=1S/C18H14O6/c19-15(11-6-12-4-2-1-3-5-12)13-7-9-14(10-8-13)24-16(17(20)21)18(22)23/h1-11,16H,(H,20,21)(H,22,23). The van der Waals surface area contributed by atoms with Gasteiger partial charge in [0, 0.05) is 5.56 Å². The molecule has 0 spiro atoms. The maximum Gasteiger partial charge on any atom is 0.356 e. The molecule has 0 fully saturated rings. The van der Waals surface area contributed by atoms with Gasteiger partial charge in [0.1, 0.15) is 5.75 Å². The zero-order chi connectivity index (χ0) is 17.5. The average molecular weight is 326 g/mol. The summed E-state index contributed by atoms with van der Waals surface area (Å²) in [6.45, 7) is 0. The summed E-state index contributed by atoms with van der Waals surface area (Å²) in [6.07, 6.45) is 1.10. The number of benzene rings is 2. The Morgan fingerprint density at radius 2 is 1.46 bits per heavy atom. The van der Waals surface area contributed by atoms with E-state index in [0.29, 0.717) is 5.56 Å². The van der Waals surface area contributed by atoms with Gasteiger partial charge in [0.15, 0.2) is 5.78 Å². The first-order valence-corrected chi connectivity index (χ1v) is 6.97. The first-order chi connectivity index (χ1) is 11.5. The second-order valence-electron chi connectivity index (χ2n) is 4.81. The van der Waals surface area contributed by atoms with Crippen molar-refractivity contribution in [2.75, 3.05) is 0 Å². The van der Waals surface area contributed by atoms with Crippen molar-refractivity contribution in [3.63, 3.8) is 0 Å². The van der Waals surface area contributed by atoms with Crippen LogP contribution in [0.3, 0.4) is 0 Å². The van der Waals surface area contributed by atoms with E-state index in [4.69, 9.17) is 14.9 Å². The highest BCUT2D eigenvalue weighted by atomic mass is 16.5. The predicted octanol–water partition coefficient (Wildman–Crippen LogP) is 2.50. The summed E-state index contributed by atoms with van der Waals surface area (Å²) >= 11 is 0. The molecule has 0 saturated carbocycles. The highest BCUT2D eigenvalue weighted by molar-refractivity contribution is 6.06. The number of rotatable bonds is 7. The summed E-state index contributed by atoms with van der Waals surface area (Å²) in [5.41, 5.74) is 1.26. The number of carboxylic acid groups (broad SMARTS) is 2. The Morgan fingerprint density at radius 3 is 2.00 bits per heavy atom. The molecule has 0 atom stereocenters. The zero-order valence-corrected chi connectivity index (χ0v) is 12.5. The van der Waals surface area contributed by atoms with Crippen LogP contribution in [0.15, 0.2) is 60.7 Å². The molecule has 2 aromatic rings. The van der Waals surface area contributed by atoms with Crippen LogP contribution < -0.4 is 4.74 Å². The molecule has 0 aliphatic heterocycles. The molecule has 2 aromatic carbocycles. The average Bonchev–Trinajstić information content (AvgIpc) is 2.58. The van der Waals surface area contributed by atoms with Crippen LogP contribution in [0.2, 0.25) is 0 Å². The van der Waals surface area contributed by atoms with E-state index < -0.39 is 18.0 Å². The summed E-state index contributed by atoms with van der Waals surface area (Å²) in [5, 5.41) is 17.5. The normalized spacial score (nSPS) is 10.7. The Balaban J connectivity index is 2.06. The van der Waals surface area contributed by atoms with Crippen LogP contribution in [0.4, 0.5) is 0 Å². The lowest BCUT2D eigenvalue weighted by Gasteiger charge is -2.10. The monoisotopic (exact) mass is 326 g/mol. The minimum Gasteiger partial charge on any atom is -0.478 e. The number of hydrogen-bond acceptors (Lipinski definition) is 4. The van der Waals surface area contributed by atoms with Gasteiger partial charge in [-0.25, -0.2) is 9.59 Å². The number of allylic oxidation sites excluding steroid dienone is 1. The van der Waals surface area contributed by atoms with Crippen molar-refractivity contribution >= 4 is 23.8 Å². The van der Waals surface area contributed by atoms with Gasteiger partial charge >= 0.3 is 11.9 Å². The molecule has 0 amide bonds. The van der Waals surface area contributed by atoms with Crippen LogP contribution in [0.25, 0.3) is 6.08 Å². The molecule has 2 N–H and O–H groups in total. The predicted molar refractivity (Wildman–Crippen MR) is 85.9 cm³/mol. The number of carbonyl (C=O) groups is 3. The van der Waals surface area contributed by atoms with Crippen LogP contribution in [0.5, 0.6) is 5.75 Å². The van der Waals surface area contributed by atoms with Crippen molar-refractivity contribution in [1.29, 1.82) is 0 Å². The number of carbonyl (C=O) groups excluding carboxylic acids is 1. The molecular formula is C18H14O6. The third kappa shape index (κ3) is 4.54. The molecule has 6 heteroatoms. The van der Waals surface area contributed by atoms with Gasteiger partial charge in [0.05, 0.1) is 0 Å². The van der Waals surface area contributed by atoms with Crippen molar-refractivity contribution in [2.45, 2.75) is 6.10 Å². The molecule has 0 aliphatic carbocycles. The quantitative estimate of drug-likeness (QED) is 0.460. The number of ether oxygens (including phenoxy) is 1. The smallest absolute Gasteiger partial charge is 0.356 e. The fraction of sp³-hybridized carbons (Fsp3) is 0.0556. The number of carboxylic acids is 2. The Kier molecular flexibility index (Phi) is 5.46. The maximum absolute atomic E-state index is 12.1. The van der Waals surface area contributed by atoms with Crippen LogP contribution in [0.1, 0.15) is 15.9 Å². The zero-order valence-electron chi connectivity index (χ0n) is 12.5. The SMILES string of the molecule is O=C(C=Cc1ccccc1)c1ccc(OC(C(=O)O)C(=O)O)cc1. The highest BCUT2D eigenvalue weighted by Crippen LogP contribution is 2.15. The van der Waals surface area contributed by atoms with Gasteiger partial charge in [-0.05, 0) is 35.9 Å². The van der Waals surface area contributed by atoms with Gasteiger partial charge in [0.2, 0.25) is 0 Å². The Labute approximate surface area is 137 Å². The van der Waals surface area contributed by atoms with Gasteiger partial charge in [-0.3, -0.25) is 4.79 Å². The van der Waals surface area contributed by atoms with E-state index in [9.17, 15) is 14.4 Å². The van der Waals surface area contributed by atoms with Crippen molar-refractivity contribution < 1.29 is 29.3 Å². The van der Waals surface area contributed by atoms with E-state index in [1.165, 1.54) is 30.3 Å². The van der Waals surface area contributed by atoms with E-state index in [-0.39, 0.29) is 11.5 Å². The first kappa shape index (κ1) is 17.0. The Morgan fingerprint density at radius 1 is 0.875 bits per heavy atom. The molecule has 0 unspecified atom stereocenters. The number of ketones is 1. The minimum atomic E-state index is -2.00. The molecule has 24 heavy (non-hydrogen) atoms. The summed E-state index contributed by atoms with van der Waals surface area (Å²) in [7, 11) is 0. The van der Waals surface area contributed by atoms with E-state index >= 15 is 0 Å². The molecule has 6 nitrogen and oxygen atoms in total. The van der Waals surface area contributed by atoms with E-state index in [0.717, 1.165) is 5.56 Å². The minimum absolute atomic E-state index is 0.0494.